The molecule has 3 heterocycles. The van der Waals surface area contributed by atoms with Crippen LogP contribution in [0.1, 0.15) is 98.7 Å². The lowest BCUT2D eigenvalue weighted by molar-refractivity contribution is -0.144. The standard InChI is InChI=1S/C36H53N7O3/c1-29(44)46-28-36(24-33-37-16-17-38-33,25-34-39-18-19-40-34)27-41-35(45)31-14-12-30(13-15-31)26-42-20-6-3-7-22-43(23-9-8-21-42)32-10-4-2-5-11-32/h12-19,32H,2-11,20-28H2,1H3,(H,37,38)(H,39,40)(H,41,45). The molecule has 2 aliphatic rings. The molecule has 1 aromatic carbocycles. The number of nitrogens with one attached hydrogen (secondary N) is 3. The van der Waals surface area contributed by atoms with Crippen LogP contribution in [-0.4, -0.2) is 87.0 Å². The number of carbonyl (C=O) groups is 2. The highest BCUT2D eigenvalue weighted by Gasteiger charge is 2.35. The lowest BCUT2D eigenvalue weighted by Crippen LogP contribution is -2.44. The Hall–Kier alpha value is -3.50. The summed E-state index contributed by atoms with van der Waals surface area (Å²) in [5, 5.41) is 3.12. The number of benzene rings is 1. The van der Waals surface area contributed by atoms with Crippen molar-refractivity contribution in [2.45, 2.75) is 96.6 Å². The minimum Gasteiger partial charge on any atom is -0.465 e. The second-order valence-electron chi connectivity index (χ2n) is 13.5. The summed E-state index contributed by atoms with van der Waals surface area (Å²) in [5.74, 6) is 0.985. The van der Waals surface area contributed by atoms with E-state index in [-0.39, 0.29) is 25.0 Å². The number of amides is 1. The fourth-order valence-corrected chi connectivity index (χ4v) is 7.16. The Morgan fingerprint density at radius 3 is 2.04 bits per heavy atom. The molecule has 0 unspecified atom stereocenters. The maximum absolute atomic E-state index is 13.4. The van der Waals surface area contributed by atoms with E-state index >= 15 is 0 Å². The zero-order valence-corrected chi connectivity index (χ0v) is 27.6. The Balaban J connectivity index is 1.16. The van der Waals surface area contributed by atoms with Gasteiger partial charge in [0.05, 0.1) is 6.61 Å². The van der Waals surface area contributed by atoms with Crippen LogP contribution in [0.25, 0.3) is 0 Å². The number of hydrogen-bond donors (Lipinski definition) is 3. The molecular formula is C36H53N7O3. The van der Waals surface area contributed by atoms with Crippen LogP contribution in [0.3, 0.4) is 0 Å². The molecule has 1 saturated carbocycles. The van der Waals surface area contributed by atoms with Gasteiger partial charge in [-0.15, -0.1) is 0 Å². The quantitative estimate of drug-likeness (QED) is 0.232. The van der Waals surface area contributed by atoms with E-state index in [1.54, 1.807) is 24.8 Å². The monoisotopic (exact) mass is 631 g/mol. The van der Waals surface area contributed by atoms with Crippen molar-refractivity contribution in [2.24, 2.45) is 5.41 Å². The molecule has 1 amide bonds. The maximum Gasteiger partial charge on any atom is 0.302 e. The summed E-state index contributed by atoms with van der Waals surface area (Å²) in [5.41, 5.74) is 1.20. The molecule has 1 aliphatic carbocycles. The first kappa shape index (κ1) is 33.9. The van der Waals surface area contributed by atoms with E-state index in [1.165, 1.54) is 89.8 Å². The van der Waals surface area contributed by atoms with Gasteiger partial charge in [-0.2, -0.15) is 0 Å². The molecule has 5 rings (SSSR count). The van der Waals surface area contributed by atoms with Crippen molar-refractivity contribution in [1.29, 1.82) is 0 Å². The van der Waals surface area contributed by atoms with Crippen molar-refractivity contribution in [3.8, 4) is 0 Å². The predicted octanol–water partition coefficient (Wildman–Crippen LogP) is 5.30. The maximum atomic E-state index is 13.4. The molecule has 10 heteroatoms. The van der Waals surface area contributed by atoms with Gasteiger partial charge < -0.3 is 24.9 Å². The molecule has 0 bridgehead atoms. The van der Waals surface area contributed by atoms with Crippen LogP contribution in [0.4, 0.5) is 0 Å². The number of aromatic amines is 2. The van der Waals surface area contributed by atoms with Crippen molar-refractivity contribution >= 4 is 11.9 Å². The highest BCUT2D eigenvalue weighted by atomic mass is 16.5. The summed E-state index contributed by atoms with van der Waals surface area (Å²) in [6, 6.07) is 8.84. The third kappa shape index (κ3) is 10.5. The molecule has 1 aliphatic heterocycles. The van der Waals surface area contributed by atoms with E-state index in [0.29, 0.717) is 18.4 Å². The summed E-state index contributed by atoms with van der Waals surface area (Å²) < 4.78 is 5.52. The van der Waals surface area contributed by atoms with Gasteiger partial charge in [0.2, 0.25) is 0 Å². The van der Waals surface area contributed by atoms with Gasteiger partial charge in [0.25, 0.3) is 5.91 Å². The molecular weight excluding hydrogens is 578 g/mol. The summed E-state index contributed by atoms with van der Waals surface area (Å²) in [7, 11) is 0. The van der Waals surface area contributed by atoms with E-state index in [4.69, 9.17) is 4.74 Å². The number of aromatic nitrogens is 4. The third-order valence-electron chi connectivity index (χ3n) is 9.70. The SMILES string of the molecule is CC(=O)OCC(CNC(=O)c1ccc(CN2CCCCCN(C3CCCCC3)CCCC2)cc1)(Cc1ncc[nH]1)Cc1ncc[nH]1. The Kier molecular flexibility index (Phi) is 12.8. The lowest BCUT2D eigenvalue weighted by atomic mass is 9.80. The molecule has 3 aromatic rings. The van der Waals surface area contributed by atoms with Crippen LogP contribution in [0.15, 0.2) is 49.1 Å². The van der Waals surface area contributed by atoms with Crippen molar-refractivity contribution in [3.63, 3.8) is 0 Å². The van der Waals surface area contributed by atoms with Crippen molar-refractivity contribution < 1.29 is 14.3 Å². The van der Waals surface area contributed by atoms with Gasteiger partial charge >= 0.3 is 5.97 Å². The molecule has 10 nitrogen and oxygen atoms in total. The number of nitrogens with zero attached hydrogens (tertiary/aromatic N) is 4. The fourth-order valence-electron chi connectivity index (χ4n) is 7.16. The molecule has 2 aromatic heterocycles. The van der Waals surface area contributed by atoms with Gasteiger partial charge in [0.1, 0.15) is 11.6 Å². The molecule has 250 valence electrons. The minimum atomic E-state index is -0.646. The van der Waals surface area contributed by atoms with E-state index in [1.807, 2.05) is 12.1 Å². The van der Waals surface area contributed by atoms with Crippen LogP contribution < -0.4 is 5.32 Å². The summed E-state index contributed by atoms with van der Waals surface area (Å²) >= 11 is 0. The number of ether oxygens (including phenoxy) is 1. The number of H-pyrrole nitrogens is 2. The van der Waals surface area contributed by atoms with E-state index in [9.17, 15) is 9.59 Å². The van der Waals surface area contributed by atoms with Crippen molar-refractivity contribution in [2.75, 3.05) is 39.3 Å². The summed E-state index contributed by atoms with van der Waals surface area (Å²) in [6.45, 7) is 7.47. The minimum absolute atomic E-state index is 0.122. The van der Waals surface area contributed by atoms with Gasteiger partial charge in [0.15, 0.2) is 0 Å². The van der Waals surface area contributed by atoms with Gasteiger partial charge in [-0.3, -0.25) is 14.5 Å². The lowest BCUT2D eigenvalue weighted by Gasteiger charge is -2.34. The van der Waals surface area contributed by atoms with Crippen molar-refractivity contribution in [1.82, 2.24) is 35.1 Å². The Morgan fingerprint density at radius 2 is 1.43 bits per heavy atom. The predicted molar refractivity (Wildman–Crippen MR) is 179 cm³/mol. The van der Waals surface area contributed by atoms with Crippen LogP contribution in [0, 0.1) is 5.41 Å². The van der Waals surface area contributed by atoms with E-state index < -0.39 is 5.41 Å². The molecule has 0 radical (unpaired) electrons. The largest absolute Gasteiger partial charge is 0.465 e. The number of esters is 1. The highest BCUT2D eigenvalue weighted by molar-refractivity contribution is 5.94. The first-order chi connectivity index (χ1) is 22.5. The topological polar surface area (TPSA) is 119 Å². The van der Waals surface area contributed by atoms with Crippen LogP contribution in [0.2, 0.25) is 0 Å². The number of rotatable bonds is 12. The van der Waals surface area contributed by atoms with Crippen LogP contribution in [0.5, 0.6) is 0 Å². The number of hydrogen-bond acceptors (Lipinski definition) is 7. The molecule has 46 heavy (non-hydrogen) atoms. The second-order valence-corrected chi connectivity index (χ2v) is 13.5. The van der Waals surface area contributed by atoms with Crippen LogP contribution >= 0.6 is 0 Å². The van der Waals surface area contributed by atoms with Crippen molar-refractivity contribution in [3.05, 3.63) is 71.8 Å². The molecule has 0 atom stereocenters. The van der Waals surface area contributed by atoms with Gasteiger partial charge in [-0.25, -0.2) is 9.97 Å². The average Bonchev–Trinajstić information content (AvgIpc) is 3.77. The summed E-state index contributed by atoms with van der Waals surface area (Å²) in [4.78, 5) is 45.7. The average molecular weight is 632 g/mol. The van der Waals surface area contributed by atoms with Crippen LogP contribution in [-0.2, 0) is 28.9 Å². The highest BCUT2D eigenvalue weighted by Crippen LogP contribution is 2.27. The zero-order valence-electron chi connectivity index (χ0n) is 27.6. The second kappa shape index (κ2) is 17.4. The number of imidazole rings is 2. The molecule has 0 spiro atoms. The Bertz CT molecular complexity index is 1270. The van der Waals surface area contributed by atoms with E-state index in [0.717, 1.165) is 37.3 Å². The molecule has 3 N–H and O–H groups in total. The first-order valence-electron chi connectivity index (χ1n) is 17.4. The summed E-state index contributed by atoms with van der Waals surface area (Å²) in [6.07, 6.45) is 21.2. The van der Waals surface area contributed by atoms with Gasteiger partial charge in [-0.1, -0.05) is 37.8 Å². The number of carbonyl (C=O) groups excluding carboxylic acids is 2. The third-order valence-corrected chi connectivity index (χ3v) is 9.70. The zero-order chi connectivity index (χ0) is 32.0. The molecule has 1 saturated heterocycles. The fraction of sp³-hybridized carbons (Fsp3) is 0.611. The van der Waals surface area contributed by atoms with Gasteiger partial charge in [-0.05, 0) is 82.4 Å². The smallest absolute Gasteiger partial charge is 0.302 e. The van der Waals surface area contributed by atoms with E-state index in [2.05, 4.69) is 47.2 Å². The first-order valence-corrected chi connectivity index (χ1v) is 17.4. The Labute approximate surface area is 274 Å². The van der Waals surface area contributed by atoms with Gasteiger partial charge in [0, 0.05) is 74.7 Å². The normalized spacial score (nSPS) is 18.1. The molecule has 2 fully saturated rings. The Morgan fingerprint density at radius 1 is 0.848 bits per heavy atom.